The molecule has 4 nitrogen and oxygen atoms in total. The van der Waals surface area contributed by atoms with Crippen LogP contribution in [0.2, 0.25) is 0 Å². The standard InChI is InChI=1S/C12H17F3N4S/c1-2-3-16-9-8-10(19-4-6-20-7-5-19)18-11(17-9)12(13,14)15/h8H,2-7H2,1H3,(H,16,17,18). The van der Waals surface area contributed by atoms with Gasteiger partial charge in [-0.05, 0) is 6.42 Å². The molecule has 2 rings (SSSR count). The molecule has 0 aliphatic carbocycles. The first-order valence-corrected chi connectivity index (χ1v) is 7.69. The van der Waals surface area contributed by atoms with Crippen LogP contribution in [0, 0.1) is 0 Å². The van der Waals surface area contributed by atoms with Gasteiger partial charge in [-0.3, -0.25) is 0 Å². The van der Waals surface area contributed by atoms with E-state index < -0.39 is 12.0 Å². The fourth-order valence-electron chi connectivity index (χ4n) is 1.86. The molecule has 1 aromatic heterocycles. The van der Waals surface area contributed by atoms with E-state index in [0.29, 0.717) is 25.5 Å². The Bertz CT molecular complexity index is 447. The number of hydrogen-bond donors (Lipinski definition) is 1. The summed E-state index contributed by atoms with van der Waals surface area (Å²) in [7, 11) is 0. The molecule has 1 saturated heterocycles. The highest BCUT2D eigenvalue weighted by Gasteiger charge is 2.36. The number of thioether (sulfide) groups is 1. The van der Waals surface area contributed by atoms with Gasteiger partial charge in [0.25, 0.3) is 0 Å². The van der Waals surface area contributed by atoms with Gasteiger partial charge in [0.05, 0.1) is 0 Å². The first-order chi connectivity index (χ1) is 9.50. The maximum atomic E-state index is 12.9. The molecule has 8 heteroatoms. The van der Waals surface area contributed by atoms with E-state index >= 15 is 0 Å². The molecule has 0 unspecified atom stereocenters. The van der Waals surface area contributed by atoms with Crippen LogP contribution < -0.4 is 10.2 Å². The molecule has 0 bridgehead atoms. The average Bonchev–Trinajstić information content (AvgIpc) is 2.45. The summed E-state index contributed by atoms with van der Waals surface area (Å²) in [5.74, 6) is 1.33. The fraction of sp³-hybridized carbons (Fsp3) is 0.667. The van der Waals surface area contributed by atoms with E-state index in [9.17, 15) is 13.2 Å². The van der Waals surface area contributed by atoms with Crippen molar-refractivity contribution in [1.29, 1.82) is 0 Å². The number of nitrogens with one attached hydrogen (secondary N) is 1. The van der Waals surface area contributed by atoms with Gasteiger partial charge >= 0.3 is 6.18 Å². The number of aromatic nitrogens is 2. The Hall–Kier alpha value is -1.18. The van der Waals surface area contributed by atoms with Gasteiger partial charge in [0, 0.05) is 37.2 Å². The van der Waals surface area contributed by atoms with Crippen LogP contribution in [0.4, 0.5) is 24.8 Å². The molecule has 1 fully saturated rings. The van der Waals surface area contributed by atoms with Crippen molar-refractivity contribution in [3.05, 3.63) is 11.9 Å². The molecular weight excluding hydrogens is 289 g/mol. The summed E-state index contributed by atoms with van der Waals surface area (Å²) < 4.78 is 38.6. The zero-order valence-corrected chi connectivity index (χ0v) is 12.0. The molecule has 0 atom stereocenters. The van der Waals surface area contributed by atoms with Gasteiger partial charge in [-0.25, -0.2) is 9.97 Å². The number of anilines is 2. The predicted molar refractivity (Wildman–Crippen MR) is 75.4 cm³/mol. The Morgan fingerprint density at radius 3 is 2.60 bits per heavy atom. The van der Waals surface area contributed by atoms with Gasteiger partial charge in [0.15, 0.2) is 0 Å². The zero-order valence-electron chi connectivity index (χ0n) is 11.2. The van der Waals surface area contributed by atoms with Gasteiger partial charge in [0.2, 0.25) is 5.82 Å². The van der Waals surface area contributed by atoms with Crippen molar-refractivity contribution < 1.29 is 13.2 Å². The Labute approximate surface area is 120 Å². The van der Waals surface area contributed by atoms with E-state index in [4.69, 9.17) is 0 Å². The molecule has 2 heterocycles. The van der Waals surface area contributed by atoms with E-state index in [2.05, 4.69) is 15.3 Å². The molecule has 0 amide bonds. The van der Waals surface area contributed by atoms with E-state index in [1.165, 1.54) is 0 Å². The first-order valence-electron chi connectivity index (χ1n) is 6.53. The molecule has 0 spiro atoms. The van der Waals surface area contributed by atoms with Gasteiger partial charge < -0.3 is 10.2 Å². The van der Waals surface area contributed by atoms with E-state index in [1.807, 2.05) is 11.8 Å². The van der Waals surface area contributed by atoms with Crippen LogP contribution in [0.25, 0.3) is 0 Å². The maximum absolute atomic E-state index is 12.9. The number of nitrogens with zero attached hydrogens (tertiary/aromatic N) is 3. The number of hydrogen-bond acceptors (Lipinski definition) is 5. The van der Waals surface area contributed by atoms with E-state index in [-0.39, 0.29) is 5.82 Å². The van der Waals surface area contributed by atoms with Gasteiger partial charge in [-0.1, -0.05) is 6.92 Å². The normalized spacial score (nSPS) is 16.3. The van der Waals surface area contributed by atoms with Crippen molar-refractivity contribution in [1.82, 2.24) is 9.97 Å². The second kappa shape index (κ2) is 6.51. The van der Waals surface area contributed by atoms with Crippen molar-refractivity contribution in [2.75, 3.05) is 41.4 Å². The highest BCUT2D eigenvalue weighted by atomic mass is 32.2. The molecule has 0 saturated carbocycles. The van der Waals surface area contributed by atoms with E-state index in [1.54, 1.807) is 17.8 Å². The SMILES string of the molecule is CCCNc1cc(N2CCSCC2)nc(C(F)(F)F)n1. The summed E-state index contributed by atoms with van der Waals surface area (Å²) in [5.41, 5.74) is 0. The van der Waals surface area contributed by atoms with Gasteiger partial charge in [-0.2, -0.15) is 24.9 Å². The van der Waals surface area contributed by atoms with Crippen LogP contribution in [0.1, 0.15) is 19.2 Å². The lowest BCUT2D eigenvalue weighted by Gasteiger charge is -2.28. The van der Waals surface area contributed by atoms with Crippen molar-refractivity contribution in [3.63, 3.8) is 0 Å². The third kappa shape index (κ3) is 3.91. The second-order valence-electron chi connectivity index (χ2n) is 4.46. The molecule has 1 N–H and O–H groups in total. The molecule has 0 radical (unpaired) electrons. The van der Waals surface area contributed by atoms with Crippen LogP contribution in [0.5, 0.6) is 0 Å². The molecule has 112 valence electrons. The van der Waals surface area contributed by atoms with Crippen LogP contribution in [0.15, 0.2) is 6.07 Å². The monoisotopic (exact) mass is 306 g/mol. The number of alkyl halides is 3. The van der Waals surface area contributed by atoms with Gasteiger partial charge in [0.1, 0.15) is 11.6 Å². The molecule has 20 heavy (non-hydrogen) atoms. The van der Waals surface area contributed by atoms with Gasteiger partial charge in [-0.15, -0.1) is 0 Å². The lowest BCUT2D eigenvalue weighted by atomic mass is 10.4. The van der Waals surface area contributed by atoms with Crippen LogP contribution in [0.3, 0.4) is 0 Å². The summed E-state index contributed by atoms with van der Waals surface area (Å²) in [6.45, 7) is 3.96. The Morgan fingerprint density at radius 1 is 1.30 bits per heavy atom. The van der Waals surface area contributed by atoms with Crippen molar-refractivity contribution >= 4 is 23.4 Å². The first kappa shape index (κ1) is 15.2. The Kier molecular flexibility index (Phi) is 4.95. The minimum atomic E-state index is -4.52. The summed E-state index contributed by atoms with van der Waals surface area (Å²) in [6.07, 6.45) is -3.70. The zero-order chi connectivity index (χ0) is 14.6. The third-order valence-corrected chi connectivity index (χ3v) is 3.80. The molecular formula is C12H17F3N4S. The topological polar surface area (TPSA) is 41.0 Å². The molecule has 1 aromatic rings. The largest absolute Gasteiger partial charge is 0.451 e. The Morgan fingerprint density at radius 2 is 2.00 bits per heavy atom. The van der Waals surface area contributed by atoms with Crippen LogP contribution in [-0.4, -0.2) is 41.1 Å². The lowest BCUT2D eigenvalue weighted by molar-refractivity contribution is -0.144. The fourth-order valence-corrected chi connectivity index (χ4v) is 2.76. The summed E-state index contributed by atoms with van der Waals surface area (Å²) in [4.78, 5) is 9.11. The number of rotatable bonds is 4. The summed E-state index contributed by atoms with van der Waals surface area (Å²) in [5, 5.41) is 2.90. The van der Waals surface area contributed by atoms with Crippen molar-refractivity contribution in [2.45, 2.75) is 19.5 Å². The maximum Gasteiger partial charge on any atom is 0.451 e. The summed E-state index contributed by atoms with van der Waals surface area (Å²) >= 11 is 1.80. The number of halogens is 3. The third-order valence-electron chi connectivity index (χ3n) is 2.86. The lowest BCUT2D eigenvalue weighted by Crippen LogP contribution is -2.33. The second-order valence-corrected chi connectivity index (χ2v) is 5.68. The molecule has 1 aliphatic rings. The Balaban J connectivity index is 2.29. The quantitative estimate of drug-likeness (QED) is 0.926. The highest BCUT2D eigenvalue weighted by Crippen LogP contribution is 2.29. The van der Waals surface area contributed by atoms with Crippen molar-refractivity contribution in [3.8, 4) is 0 Å². The molecule has 1 aliphatic heterocycles. The minimum absolute atomic E-state index is 0.238. The predicted octanol–water partition coefficient (Wildman–Crippen LogP) is 2.87. The van der Waals surface area contributed by atoms with E-state index in [0.717, 1.165) is 17.9 Å². The van der Waals surface area contributed by atoms with Crippen LogP contribution in [-0.2, 0) is 6.18 Å². The highest BCUT2D eigenvalue weighted by molar-refractivity contribution is 7.99. The van der Waals surface area contributed by atoms with Crippen LogP contribution >= 0.6 is 11.8 Å². The smallest absolute Gasteiger partial charge is 0.370 e. The molecule has 0 aromatic carbocycles. The van der Waals surface area contributed by atoms with Crippen molar-refractivity contribution in [2.24, 2.45) is 0 Å². The minimum Gasteiger partial charge on any atom is -0.370 e. The average molecular weight is 306 g/mol. The summed E-state index contributed by atoms with van der Waals surface area (Å²) in [6, 6.07) is 1.60.